The minimum absolute atomic E-state index is 0.259. The fourth-order valence-corrected chi connectivity index (χ4v) is 1.96. The SMILES string of the molecule is CCCCC/C=C\C[C@@H](O)CC/C=C\C/C=C\COCC(=O)O. The summed E-state index contributed by atoms with van der Waals surface area (Å²) in [5.41, 5.74) is 0. The van der Waals surface area contributed by atoms with Crippen molar-refractivity contribution in [3.8, 4) is 0 Å². The summed E-state index contributed by atoms with van der Waals surface area (Å²) >= 11 is 0. The van der Waals surface area contributed by atoms with E-state index >= 15 is 0 Å². The number of hydrogen-bond donors (Lipinski definition) is 2. The summed E-state index contributed by atoms with van der Waals surface area (Å²) in [6.07, 6.45) is 19.9. The molecule has 0 radical (unpaired) electrons. The van der Waals surface area contributed by atoms with Crippen molar-refractivity contribution in [2.24, 2.45) is 0 Å². The van der Waals surface area contributed by atoms with Gasteiger partial charge in [-0.05, 0) is 38.5 Å². The van der Waals surface area contributed by atoms with Gasteiger partial charge in [0.1, 0.15) is 6.61 Å². The Balaban J connectivity index is 3.47. The molecular weight excluding hydrogens is 292 g/mol. The van der Waals surface area contributed by atoms with Gasteiger partial charge in [-0.15, -0.1) is 0 Å². The Morgan fingerprint density at radius 1 is 1.04 bits per heavy atom. The van der Waals surface area contributed by atoms with Crippen molar-refractivity contribution in [1.82, 2.24) is 0 Å². The molecule has 0 fully saturated rings. The van der Waals surface area contributed by atoms with E-state index in [0.29, 0.717) is 6.61 Å². The summed E-state index contributed by atoms with van der Waals surface area (Å²) in [6.45, 7) is 2.26. The van der Waals surface area contributed by atoms with Gasteiger partial charge in [0.2, 0.25) is 0 Å². The highest BCUT2D eigenvalue weighted by Gasteiger charge is 1.98. The third kappa shape index (κ3) is 18.6. The third-order valence-corrected chi connectivity index (χ3v) is 3.26. The zero-order chi connectivity index (χ0) is 17.2. The van der Waals surface area contributed by atoms with Crippen LogP contribution >= 0.6 is 0 Å². The van der Waals surface area contributed by atoms with E-state index in [-0.39, 0.29) is 12.7 Å². The fourth-order valence-electron chi connectivity index (χ4n) is 1.96. The van der Waals surface area contributed by atoms with Gasteiger partial charge in [0.05, 0.1) is 12.7 Å². The normalized spacial score (nSPS) is 13.5. The van der Waals surface area contributed by atoms with Gasteiger partial charge in [-0.1, -0.05) is 56.2 Å². The number of unbranched alkanes of at least 4 members (excludes halogenated alkanes) is 3. The molecule has 0 saturated heterocycles. The van der Waals surface area contributed by atoms with Gasteiger partial charge in [-0.3, -0.25) is 0 Å². The summed E-state index contributed by atoms with van der Waals surface area (Å²) in [7, 11) is 0. The third-order valence-electron chi connectivity index (χ3n) is 3.26. The lowest BCUT2D eigenvalue weighted by atomic mass is 10.1. The second-order valence-electron chi connectivity index (χ2n) is 5.52. The number of hydrogen-bond acceptors (Lipinski definition) is 3. The average molecular weight is 324 g/mol. The molecule has 0 aliphatic carbocycles. The van der Waals surface area contributed by atoms with Crippen molar-refractivity contribution in [1.29, 1.82) is 0 Å². The van der Waals surface area contributed by atoms with Gasteiger partial charge in [0, 0.05) is 0 Å². The highest BCUT2D eigenvalue weighted by atomic mass is 16.5. The van der Waals surface area contributed by atoms with Gasteiger partial charge < -0.3 is 14.9 Å². The van der Waals surface area contributed by atoms with Crippen LogP contribution in [0.5, 0.6) is 0 Å². The van der Waals surface area contributed by atoms with E-state index in [0.717, 1.165) is 32.1 Å². The zero-order valence-corrected chi connectivity index (χ0v) is 14.3. The molecule has 0 aromatic heterocycles. The van der Waals surface area contributed by atoms with Crippen LogP contribution in [-0.2, 0) is 9.53 Å². The van der Waals surface area contributed by atoms with Crippen LogP contribution in [0, 0.1) is 0 Å². The van der Waals surface area contributed by atoms with Crippen molar-refractivity contribution >= 4 is 5.97 Å². The molecule has 4 heteroatoms. The number of allylic oxidation sites excluding steroid dienone is 4. The smallest absolute Gasteiger partial charge is 0.329 e. The van der Waals surface area contributed by atoms with E-state index in [2.05, 4.69) is 25.2 Å². The topological polar surface area (TPSA) is 66.8 Å². The highest BCUT2D eigenvalue weighted by molar-refractivity contribution is 5.67. The number of ether oxygens (including phenoxy) is 1. The minimum Gasteiger partial charge on any atom is -0.480 e. The lowest BCUT2D eigenvalue weighted by Gasteiger charge is -2.05. The largest absolute Gasteiger partial charge is 0.480 e. The molecule has 0 spiro atoms. The predicted molar refractivity (Wildman–Crippen MR) is 94.5 cm³/mol. The molecule has 0 bridgehead atoms. The van der Waals surface area contributed by atoms with Crippen LogP contribution in [0.2, 0.25) is 0 Å². The van der Waals surface area contributed by atoms with Crippen LogP contribution < -0.4 is 0 Å². The molecule has 1 atom stereocenters. The quantitative estimate of drug-likeness (QED) is 0.349. The van der Waals surface area contributed by atoms with Gasteiger partial charge in [-0.2, -0.15) is 0 Å². The lowest BCUT2D eigenvalue weighted by molar-refractivity contribution is -0.141. The average Bonchev–Trinajstić information content (AvgIpc) is 2.52. The monoisotopic (exact) mass is 324 g/mol. The number of carboxylic acid groups (broad SMARTS) is 1. The number of aliphatic hydroxyl groups excluding tert-OH is 1. The molecule has 0 aliphatic heterocycles. The molecule has 4 nitrogen and oxygen atoms in total. The summed E-state index contributed by atoms with van der Waals surface area (Å²) in [4.78, 5) is 10.2. The van der Waals surface area contributed by atoms with E-state index in [1.54, 1.807) is 0 Å². The molecule has 0 heterocycles. The van der Waals surface area contributed by atoms with Crippen LogP contribution in [0.1, 0.15) is 58.3 Å². The first-order valence-electron chi connectivity index (χ1n) is 8.59. The maximum Gasteiger partial charge on any atom is 0.329 e. The molecule has 0 aromatic rings. The molecule has 0 saturated carbocycles. The number of aliphatic carboxylic acids is 1. The lowest BCUT2D eigenvalue weighted by Crippen LogP contribution is -2.06. The maximum absolute atomic E-state index is 10.2. The summed E-state index contributed by atoms with van der Waals surface area (Å²) in [6, 6.07) is 0. The standard InChI is InChI=1S/C19H32O4/c1-2-3-4-5-8-11-14-18(20)15-12-9-6-7-10-13-16-23-17-19(21)22/h6,8-11,13,18,20H,2-5,7,12,14-17H2,1H3,(H,21,22)/b9-6-,11-8-,13-10-/t18-/m1/s1. The Morgan fingerprint density at radius 3 is 2.52 bits per heavy atom. The van der Waals surface area contributed by atoms with Crippen LogP contribution in [0.3, 0.4) is 0 Å². The zero-order valence-electron chi connectivity index (χ0n) is 14.3. The molecule has 0 amide bonds. The summed E-state index contributed by atoms with van der Waals surface area (Å²) < 4.78 is 4.87. The molecular formula is C19H32O4. The molecule has 0 unspecified atom stereocenters. The van der Waals surface area contributed by atoms with Crippen molar-refractivity contribution in [2.75, 3.05) is 13.2 Å². The molecule has 0 aromatic carbocycles. The second-order valence-corrected chi connectivity index (χ2v) is 5.52. The Bertz CT molecular complexity index is 358. The fraction of sp³-hybridized carbons (Fsp3) is 0.632. The molecule has 132 valence electrons. The Kier molecular flexibility index (Phi) is 15.9. The van der Waals surface area contributed by atoms with Crippen LogP contribution in [-0.4, -0.2) is 35.5 Å². The van der Waals surface area contributed by atoms with E-state index in [1.807, 2.05) is 18.2 Å². The van der Waals surface area contributed by atoms with E-state index in [9.17, 15) is 9.90 Å². The predicted octanol–water partition coefficient (Wildman–Crippen LogP) is 4.26. The van der Waals surface area contributed by atoms with Crippen LogP contribution in [0.4, 0.5) is 0 Å². The summed E-state index contributed by atoms with van der Waals surface area (Å²) in [5.74, 6) is -0.951. The van der Waals surface area contributed by atoms with Gasteiger partial charge in [0.15, 0.2) is 0 Å². The number of carboxylic acids is 1. The molecule has 23 heavy (non-hydrogen) atoms. The van der Waals surface area contributed by atoms with Gasteiger partial charge in [0.25, 0.3) is 0 Å². The van der Waals surface area contributed by atoms with Crippen molar-refractivity contribution < 1.29 is 19.7 Å². The van der Waals surface area contributed by atoms with Gasteiger partial charge in [-0.25, -0.2) is 4.79 Å². The molecule has 2 N–H and O–H groups in total. The van der Waals surface area contributed by atoms with Crippen molar-refractivity contribution in [3.63, 3.8) is 0 Å². The van der Waals surface area contributed by atoms with Crippen LogP contribution in [0.25, 0.3) is 0 Å². The van der Waals surface area contributed by atoms with E-state index in [4.69, 9.17) is 9.84 Å². The Morgan fingerprint density at radius 2 is 1.78 bits per heavy atom. The van der Waals surface area contributed by atoms with Crippen LogP contribution in [0.15, 0.2) is 36.5 Å². The molecule has 0 rings (SSSR count). The number of carbonyl (C=O) groups is 1. The maximum atomic E-state index is 10.2. The van der Waals surface area contributed by atoms with Gasteiger partial charge >= 0.3 is 5.97 Å². The Hall–Kier alpha value is -1.39. The summed E-state index contributed by atoms with van der Waals surface area (Å²) in [5, 5.41) is 18.2. The second kappa shape index (κ2) is 17.0. The van der Waals surface area contributed by atoms with Crippen molar-refractivity contribution in [2.45, 2.75) is 64.4 Å². The van der Waals surface area contributed by atoms with E-state index in [1.165, 1.54) is 19.3 Å². The first-order chi connectivity index (χ1) is 11.2. The first-order valence-corrected chi connectivity index (χ1v) is 8.59. The minimum atomic E-state index is -0.951. The highest BCUT2D eigenvalue weighted by Crippen LogP contribution is 2.06. The number of rotatable bonds is 15. The molecule has 0 aliphatic rings. The van der Waals surface area contributed by atoms with Crippen molar-refractivity contribution in [3.05, 3.63) is 36.5 Å². The number of aliphatic hydroxyl groups is 1. The van der Waals surface area contributed by atoms with E-state index < -0.39 is 5.97 Å². The Labute approximate surface area is 140 Å². The first kappa shape index (κ1) is 21.6.